The van der Waals surface area contributed by atoms with Crippen LogP contribution in [0.3, 0.4) is 0 Å². The zero-order valence-electron chi connectivity index (χ0n) is 62.8. The second kappa shape index (κ2) is 82.0. The molecule has 0 bridgehead atoms. The molecular weight excluding hydrogens is 1140 g/mol. The predicted octanol–water partition coefficient (Wildman–Crippen LogP) is 28.1. The minimum atomic E-state index is -0.845. The maximum atomic E-state index is 12.6. The van der Waals surface area contributed by atoms with Crippen molar-refractivity contribution in [2.24, 2.45) is 0 Å². The molecular formula is C87H163NO5. The largest absolute Gasteiger partial charge is 0.466 e. The van der Waals surface area contributed by atoms with E-state index in [4.69, 9.17) is 4.74 Å². The van der Waals surface area contributed by atoms with Gasteiger partial charge in [-0.05, 0) is 89.9 Å². The van der Waals surface area contributed by atoms with E-state index in [9.17, 15) is 19.8 Å². The molecule has 0 aromatic rings. The van der Waals surface area contributed by atoms with Crippen molar-refractivity contribution in [1.82, 2.24) is 5.32 Å². The standard InChI is InChI=1S/C87H163NO5/c1-3-5-7-9-11-13-15-17-18-19-20-21-22-40-43-46-49-52-56-59-63-67-71-75-79-85(90)84(83-89)88-86(91)80-76-72-68-64-60-57-53-50-47-44-41-38-36-34-32-30-28-26-24-23-25-27-29-31-33-35-37-39-42-45-48-51-54-58-62-66-70-74-78-82-93-87(92)81-77-73-69-65-61-55-16-14-12-10-8-6-4-2/h8,10,14,16,23-24,27,29,75,79,84-85,89-90H,3-7,9,11-13,15,17-22,25-26,28,30-74,76-78,80-83H2,1-2H3,(H,88,91)/b10-8-,16-14-,24-23-,29-27-,79-75+. The first-order valence-electron chi connectivity index (χ1n) is 42.1. The molecule has 3 N–H and O–H groups in total. The number of rotatable bonds is 79. The van der Waals surface area contributed by atoms with Crippen LogP contribution in [0, 0.1) is 0 Å². The molecule has 1 amide bonds. The maximum Gasteiger partial charge on any atom is 0.305 e. The van der Waals surface area contributed by atoms with Gasteiger partial charge in [0.25, 0.3) is 0 Å². The molecule has 0 aliphatic carbocycles. The molecule has 0 heterocycles. The summed E-state index contributed by atoms with van der Waals surface area (Å²) >= 11 is 0. The van der Waals surface area contributed by atoms with E-state index in [0.717, 1.165) is 57.8 Å². The number of ether oxygens (including phenoxy) is 1. The number of amides is 1. The fourth-order valence-electron chi connectivity index (χ4n) is 13.1. The minimum absolute atomic E-state index is 0.00493. The Bertz CT molecular complexity index is 1600. The smallest absolute Gasteiger partial charge is 0.305 e. The van der Waals surface area contributed by atoms with Crippen LogP contribution in [0.15, 0.2) is 60.8 Å². The van der Waals surface area contributed by atoms with Crippen molar-refractivity contribution in [2.45, 2.75) is 469 Å². The van der Waals surface area contributed by atoms with Crippen molar-refractivity contribution in [2.75, 3.05) is 13.2 Å². The van der Waals surface area contributed by atoms with Crippen molar-refractivity contribution >= 4 is 11.9 Å². The summed E-state index contributed by atoms with van der Waals surface area (Å²) in [6.45, 7) is 4.88. The van der Waals surface area contributed by atoms with Crippen LogP contribution in [-0.4, -0.2) is 47.4 Å². The second-order valence-corrected chi connectivity index (χ2v) is 28.8. The normalized spacial score (nSPS) is 12.8. The van der Waals surface area contributed by atoms with Crippen molar-refractivity contribution in [3.8, 4) is 0 Å². The van der Waals surface area contributed by atoms with E-state index in [-0.39, 0.29) is 18.5 Å². The van der Waals surface area contributed by atoms with Crippen LogP contribution in [0.5, 0.6) is 0 Å². The minimum Gasteiger partial charge on any atom is -0.466 e. The molecule has 546 valence electrons. The van der Waals surface area contributed by atoms with Gasteiger partial charge in [-0.1, -0.05) is 415 Å². The van der Waals surface area contributed by atoms with Crippen molar-refractivity contribution in [3.63, 3.8) is 0 Å². The van der Waals surface area contributed by atoms with Crippen LogP contribution in [0.25, 0.3) is 0 Å². The lowest BCUT2D eigenvalue weighted by molar-refractivity contribution is -0.143. The summed E-state index contributed by atoms with van der Waals surface area (Å²) in [6.07, 6.45) is 111. The van der Waals surface area contributed by atoms with Crippen molar-refractivity contribution in [3.05, 3.63) is 60.8 Å². The highest BCUT2D eigenvalue weighted by atomic mass is 16.5. The summed E-state index contributed by atoms with van der Waals surface area (Å²) in [5, 5.41) is 23.3. The number of unbranched alkanes of at least 4 members (excludes halogenated alkanes) is 60. The monoisotopic (exact) mass is 1300 g/mol. The number of allylic oxidation sites excluding steroid dienone is 9. The van der Waals surface area contributed by atoms with Gasteiger partial charge in [-0.15, -0.1) is 0 Å². The van der Waals surface area contributed by atoms with Crippen LogP contribution in [-0.2, 0) is 14.3 Å². The molecule has 6 nitrogen and oxygen atoms in total. The van der Waals surface area contributed by atoms with Gasteiger partial charge >= 0.3 is 5.97 Å². The maximum absolute atomic E-state index is 12.6. The molecule has 93 heavy (non-hydrogen) atoms. The molecule has 0 aliphatic rings. The number of hydrogen-bond acceptors (Lipinski definition) is 5. The number of carbonyl (C=O) groups is 2. The highest BCUT2D eigenvalue weighted by molar-refractivity contribution is 5.76. The summed E-state index contributed by atoms with van der Waals surface area (Å²) < 4.78 is 5.48. The van der Waals surface area contributed by atoms with E-state index in [2.05, 4.69) is 67.8 Å². The van der Waals surface area contributed by atoms with Gasteiger partial charge in [0.15, 0.2) is 0 Å². The van der Waals surface area contributed by atoms with E-state index in [1.807, 2.05) is 6.08 Å². The number of hydrogen-bond donors (Lipinski definition) is 3. The van der Waals surface area contributed by atoms with E-state index < -0.39 is 12.1 Å². The Kier molecular flexibility index (Phi) is 79.8. The molecule has 0 aliphatic heterocycles. The highest BCUT2D eigenvalue weighted by Gasteiger charge is 2.18. The average Bonchev–Trinajstić information content (AvgIpc) is 3.78. The zero-order valence-corrected chi connectivity index (χ0v) is 62.8. The third-order valence-electron chi connectivity index (χ3n) is 19.5. The Labute approximate surface area is 581 Å². The second-order valence-electron chi connectivity index (χ2n) is 28.8. The van der Waals surface area contributed by atoms with Gasteiger partial charge in [-0.3, -0.25) is 9.59 Å². The topological polar surface area (TPSA) is 95.9 Å². The molecule has 6 heteroatoms. The number of esters is 1. The molecule has 0 saturated heterocycles. The highest BCUT2D eigenvalue weighted by Crippen LogP contribution is 2.20. The van der Waals surface area contributed by atoms with E-state index in [1.54, 1.807) is 6.08 Å². The fraction of sp³-hybridized carbons (Fsp3) is 0.862. The average molecular weight is 1300 g/mol. The van der Waals surface area contributed by atoms with Crippen LogP contribution in [0.4, 0.5) is 0 Å². The van der Waals surface area contributed by atoms with Gasteiger partial charge in [0, 0.05) is 12.8 Å². The van der Waals surface area contributed by atoms with Crippen LogP contribution < -0.4 is 5.32 Å². The van der Waals surface area contributed by atoms with Gasteiger partial charge in [0.2, 0.25) is 5.91 Å². The summed E-state index contributed by atoms with van der Waals surface area (Å²) in [7, 11) is 0. The Hall–Kier alpha value is -2.44. The lowest BCUT2D eigenvalue weighted by atomic mass is 10.0. The third-order valence-corrected chi connectivity index (χ3v) is 19.5. The molecule has 2 unspecified atom stereocenters. The zero-order chi connectivity index (χ0) is 67.0. The quantitative estimate of drug-likeness (QED) is 0.0320. The van der Waals surface area contributed by atoms with Crippen molar-refractivity contribution in [1.29, 1.82) is 0 Å². The summed E-state index contributed by atoms with van der Waals surface area (Å²) in [5.74, 6) is -0.0553. The number of aliphatic hydroxyl groups is 2. The molecule has 0 rings (SSSR count). The number of carbonyl (C=O) groups excluding carboxylic acids is 2. The SMILES string of the molecule is CCC/C=C\C/C=C\CCCCCCCC(=O)OCCCCCCCCCCCCCCCCC/C=C\C/C=C\CCCCCCCCCCCCCCCCCCCC(=O)NC(CO)C(O)/C=C/CCCCCCCCCCCCCCCCCCCCCCCC. The first kappa shape index (κ1) is 90.6. The summed E-state index contributed by atoms with van der Waals surface area (Å²) in [5.41, 5.74) is 0. The Balaban J connectivity index is 3.39. The van der Waals surface area contributed by atoms with Gasteiger partial charge < -0.3 is 20.3 Å². The molecule has 0 radical (unpaired) electrons. The molecule has 0 aromatic carbocycles. The Morgan fingerprint density at radius 2 is 0.559 bits per heavy atom. The van der Waals surface area contributed by atoms with E-state index in [0.29, 0.717) is 19.4 Å². The molecule has 0 aromatic heterocycles. The first-order valence-corrected chi connectivity index (χ1v) is 42.1. The van der Waals surface area contributed by atoms with Crippen LogP contribution >= 0.6 is 0 Å². The number of aliphatic hydroxyl groups excluding tert-OH is 2. The Morgan fingerprint density at radius 1 is 0.301 bits per heavy atom. The Morgan fingerprint density at radius 3 is 0.860 bits per heavy atom. The number of nitrogens with one attached hydrogen (secondary N) is 1. The third kappa shape index (κ3) is 78.4. The summed E-state index contributed by atoms with van der Waals surface area (Å²) in [4.78, 5) is 24.6. The van der Waals surface area contributed by atoms with E-state index in [1.165, 1.54) is 372 Å². The molecule has 0 fully saturated rings. The van der Waals surface area contributed by atoms with Crippen molar-refractivity contribution < 1.29 is 24.5 Å². The van der Waals surface area contributed by atoms with Crippen LogP contribution in [0.1, 0.15) is 457 Å². The van der Waals surface area contributed by atoms with Gasteiger partial charge in [-0.2, -0.15) is 0 Å². The predicted molar refractivity (Wildman–Crippen MR) is 412 cm³/mol. The fourth-order valence-corrected chi connectivity index (χ4v) is 13.1. The lowest BCUT2D eigenvalue weighted by Crippen LogP contribution is -2.45. The molecule has 0 saturated carbocycles. The first-order chi connectivity index (χ1) is 46.0. The molecule has 0 spiro atoms. The van der Waals surface area contributed by atoms with Gasteiger partial charge in [-0.25, -0.2) is 0 Å². The lowest BCUT2D eigenvalue weighted by Gasteiger charge is -2.20. The molecule has 2 atom stereocenters. The summed E-state index contributed by atoms with van der Waals surface area (Å²) in [6, 6.07) is -0.628. The van der Waals surface area contributed by atoms with E-state index >= 15 is 0 Å². The van der Waals surface area contributed by atoms with Gasteiger partial charge in [0.05, 0.1) is 25.4 Å². The van der Waals surface area contributed by atoms with Crippen LogP contribution in [0.2, 0.25) is 0 Å². The van der Waals surface area contributed by atoms with Gasteiger partial charge in [0.1, 0.15) is 0 Å².